The first-order chi connectivity index (χ1) is 8.24. The predicted molar refractivity (Wildman–Crippen MR) is 67.8 cm³/mol. The van der Waals surface area contributed by atoms with Crippen LogP contribution in [-0.4, -0.2) is 25.0 Å². The molecule has 0 bridgehead atoms. The topological polar surface area (TPSA) is 52.3 Å². The van der Waals surface area contributed by atoms with Crippen molar-refractivity contribution in [1.82, 2.24) is 0 Å². The maximum atomic E-state index is 11.9. The number of carbonyl (C=O) groups excluding carboxylic acids is 1. The Hall–Kier alpha value is -0.410. The molecule has 2 N–H and O–H groups in total. The molecule has 2 rings (SSSR count). The number of ether oxygens (including phenoxy) is 1. The molecule has 98 valence electrons. The Balaban J connectivity index is 1.60. The number of hydrogen-bond donors (Lipinski definition) is 1. The maximum absolute atomic E-state index is 11.9. The molecule has 2 fully saturated rings. The molecule has 0 aromatic rings. The lowest BCUT2D eigenvalue weighted by Crippen LogP contribution is -2.39. The van der Waals surface area contributed by atoms with Crippen LogP contribution in [0.3, 0.4) is 0 Å². The van der Waals surface area contributed by atoms with E-state index < -0.39 is 0 Å². The lowest BCUT2D eigenvalue weighted by atomic mass is 9.65. The molecule has 0 amide bonds. The van der Waals surface area contributed by atoms with E-state index in [-0.39, 0.29) is 5.41 Å². The average molecular weight is 239 g/mol. The van der Waals surface area contributed by atoms with Crippen LogP contribution in [0, 0.1) is 5.41 Å². The molecule has 0 aromatic heterocycles. The summed E-state index contributed by atoms with van der Waals surface area (Å²) in [7, 11) is 0. The smallest absolute Gasteiger partial charge is 0.133 e. The molecule has 3 heteroatoms. The quantitative estimate of drug-likeness (QED) is 0.742. The van der Waals surface area contributed by atoms with Crippen molar-refractivity contribution >= 4 is 5.78 Å². The molecule has 0 radical (unpaired) electrons. The van der Waals surface area contributed by atoms with E-state index in [0.717, 1.165) is 45.1 Å². The Morgan fingerprint density at radius 2 is 2.18 bits per heavy atom. The van der Waals surface area contributed by atoms with Gasteiger partial charge in [-0.15, -0.1) is 0 Å². The zero-order valence-corrected chi connectivity index (χ0v) is 10.7. The molecular formula is C14H25NO2. The van der Waals surface area contributed by atoms with Crippen molar-refractivity contribution in [2.75, 3.05) is 13.2 Å². The molecule has 2 aliphatic rings. The van der Waals surface area contributed by atoms with Gasteiger partial charge in [-0.3, -0.25) is 4.79 Å². The van der Waals surface area contributed by atoms with E-state index >= 15 is 0 Å². The summed E-state index contributed by atoms with van der Waals surface area (Å²) in [6.45, 7) is 1.60. The molecule has 0 spiro atoms. The third-order valence-corrected chi connectivity index (χ3v) is 4.43. The second-order valence-corrected chi connectivity index (χ2v) is 5.80. The highest BCUT2D eigenvalue weighted by molar-refractivity contribution is 5.79. The van der Waals surface area contributed by atoms with Crippen LogP contribution in [0.5, 0.6) is 0 Å². The molecule has 3 nitrogen and oxygen atoms in total. The molecule has 1 atom stereocenters. The highest BCUT2D eigenvalue weighted by Gasteiger charge is 2.37. The van der Waals surface area contributed by atoms with Gasteiger partial charge in [0.25, 0.3) is 0 Å². The van der Waals surface area contributed by atoms with E-state index in [0.29, 0.717) is 18.4 Å². The van der Waals surface area contributed by atoms with Gasteiger partial charge in [-0.25, -0.2) is 0 Å². The Labute approximate surface area is 104 Å². The molecule has 1 aliphatic carbocycles. The molecule has 0 aromatic carbocycles. The first kappa shape index (κ1) is 13.0. The number of carbonyl (C=O) groups is 1. The van der Waals surface area contributed by atoms with E-state index in [2.05, 4.69) is 0 Å². The number of ketones is 1. The molecule has 1 unspecified atom stereocenters. The minimum absolute atomic E-state index is 0.181. The van der Waals surface area contributed by atoms with E-state index in [1.807, 2.05) is 0 Å². The molecule has 1 saturated heterocycles. The van der Waals surface area contributed by atoms with Crippen molar-refractivity contribution in [1.29, 1.82) is 0 Å². The van der Waals surface area contributed by atoms with Crippen LogP contribution >= 0.6 is 0 Å². The molecule has 1 heterocycles. The normalized spacial score (nSPS) is 26.8. The van der Waals surface area contributed by atoms with Gasteiger partial charge in [0.15, 0.2) is 0 Å². The van der Waals surface area contributed by atoms with Crippen molar-refractivity contribution in [3.8, 4) is 0 Å². The van der Waals surface area contributed by atoms with Crippen molar-refractivity contribution in [3.63, 3.8) is 0 Å². The van der Waals surface area contributed by atoms with E-state index in [1.54, 1.807) is 0 Å². The fourth-order valence-corrected chi connectivity index (χ4v) is 3.04. The average Bonchev–Trinajstić information content (AvgIpc) is 2.76. The predicted octanol–water partition coefficient (Wildman–Crippen LogP) is 2.42. The monoisotopic (exact) mass is 239 g/mol. The van der Waals surface area contributed by atoms with Crippen LogP contribution < -0.4 is 5.73 Å². The van der Waals surface area contributed by atoms with Gasteiger partial charge in [0.05, 0.1) is 6.10 Å². The standard InChI is InChI=1S/C14H25NO2/c15-11-14(7-3-8-14)10-12(16)4-1-5-13-6-2-9-17-13/h13H,1-11,15H2. The molecule has 1 aliphatic heterocycles. The minimum Gasteiger partial charge on any atom is -0.378 e. The van der Waals surface area contributed by atoms with Gasteiger partial charge < -0.3 is 10.5 Å². The fourth-order valence-electron chi connectivity index (χ4n) is 3.04. The Bertz CT molecular complexity index is 249. The maximum Gasteiger partial charge on any atom is 0.133 e. The SMILES string of the molecule is NCC1(CC(=O)CCCC2CCCO2)CCC1. The Morgan fingerprint density at radius 3 is 2.71 bits per heavy atom. The van der Waals surface area contributed by atoms with Gasteiger partial charge in [0.1, 0.15) is 5.78 Å². The number of rotatable bonds is 7. The second-order valence-electron chi connectivity index (χ2n) is 5.80. The summed E-state index contributed by atoms with van der Waals surface area (Å²) in [6, 6.07) is 0. The zero-order valence-electron chi connectivity index (χ0n) is 10.7. The van der Waals surface area contributed by atoms with Crippen LogP contribution in [0.1, 0.15) is 57.8 Å². The lowest BCUT2D eigenvalue weighted by Gasteiger charge is -2.40. The van der Waals surface area contributed by atoms with Crippen LogP contribution in [0.15, 0.2) is 0 Å². The van der Waals surface area contributed by atoms with Gasteiger partial charge >= 0.3 is 0 Å². The summed E-state index contributed by atoms with van der Waals surface area (Å²) in [5.74, 6) is 0.410. The third-order valence-electron chi connectivity index (χ3n) is 4.43. The number of nitrogens with two attached hydrogens (primary N) is 1. The van der Waals surface area contributed by atoms with Gasteiger partial charge in [0, 0.05) is 19.4 Å². The Morgan fingerprint density at radius 1 is 1.35 bits per heavy atom. The number of Topliss-reactive ketones (excluding diaryl/α,β-unsaturated/α-hetero) is 1. The van der Waals surface area contributed by atoms with Crippen molar-refractivity contribution < 1.29 is 9.53 Å². The van der Waals surface area contributed by atoms with E-state index in [1.165, 1.54) is 19.3 Å². The van der Waals surface area contributed by atoms with Gasteiger partial charge in [-0.2, -0.15) is 0 Å². The van der Waals surface area contributed by atoms with E-state index in [4.69, 9.17) is 10.5 Å². The van der Waals surface area contributed by atoms with Crippen molar-refractivity contribution in [3.05, 3.63) is 0 Å². The molecular weight excluding hydrogens is 214 g/mol. The largest absolute Gasteiger partial charge is 0.378 e. The summed E-state index contributed by atoms with van der Waals surface area (Å²) in [4.78, 5) is 11.9. The summed E-state index contributed by atoms with van der Waals surface area (Å²) >= 11 is 0. The summed E-state index contributed by atoms with van der Waals surface area (Å²) in [6.07, 6.45) is 9.84. The van der Waals surface area contributed by atoms with E-state index in [9.17, 15) is 4.79 Å². The second kappa shape index (κ2) is 5.96. The third kappa shape index (κ3) is 3.52. The summed E-state index contributed by atoms with van der Waals surface area (Å²) in [5.41, 5.74) is 5.95. The first-order valence-corrected chi connectivity index (χ1v) is 7.07. The van der Waals surface area contributed by atoms with Gasteiger partial charge in [0.2, 0.25) is 0 Å². The minimum atomic E-state index is 0.181. The molecule has 1 saturated carbocycles. The van der Waals surface area contributed by atoms with Crippen molar-refractivity contribution in [2.24, 2.45) is 11.1 Å². The van der Waals surface area contributed by atoms with Gasteiger partial charge in [-0.05, 0) is 50.5 Å². The van der Waals surface area contributed by atoms with Crippen LogP contribution in [0.25, 0.3) is 0 Å². The van der Waals surface area contributed by atoms with Gasteiger partial charge in [-0.1, -0.05) is 6.42 Å². The first-order valence-electron chi connectivity index (χ1n) is 7.07. The summed E-state index contributed by atoms with van der Waals surface area (Å²) in [5, 5.41) is 0. The Kier molecular flexibility index (Phi) is 4.57. The fraction of sp³-hybridized carbons (Fsp3) is 0.929. The highest BCUT2D eigenvalue weighted by Crippen LogP contribution is 2.43. The van der Waals surface area contributed by atoms with Crippen LogP contribution in [0.2, 0.25) is 0 Å². The number of hydrogen-bond acceptors (Lipinski definition) is 3. The zero-order chi connectivity index (χ0) is 12.1. The van der Waals surface area contributed by atoms with Crippen LogP contribution in [-0.2, 0) is 9.53 Å². The summed E-state index contributed by atoms with van der Waals surface area (Å²) < 4.78 is 5.56. The highest BCUT2D eigenvalue weighted by atomic mass is 16.5. The molecule has 17 heavy (non-hydrogen) atoms. The lowest BCUT2D eigenvalue weighted by molar-refractivity contribution is -0.122. The van der Waals surface area contributed by atoms with Crippen molar-refractivity contribution in [2.45, 2.75) is 63.9 Å². The van der Waals surface area contributed by atoms with Crippen LogP contribution in [0.4, 0.5) is 0 Å².